The number of likely N-dealkylation sites (N-methyl/N-ethyl adjacent to an activating group) is 2. The zero-order valence-corrected chi connectivity index (χ0v) is 44.4. The third-order valence-corrected chi connectivity index (χ3v) is 12.1. The number of esters is 3. The molecule has 0 unspecified atom stereocenters. The molecule has 20 nitrogen and oxygen atoms in total. The zero-order chi connectivity index (χ0) is 51.6. The molecule has 0 radical (unpaired) electrons. The van der Waals surface area contributed by atoms with Gasteiger partial charge in [-0.3, -0.25) is 14.4 Å². The molecule has 3 heterocycles. The van der Waals surface area contributed by atoms with Crippen LogP contribution < -0.4 is 44.5 Å². The molecule has 0 aliphatic carbocycles. The van der Waals surface area contributed by atoms with Crippen LogP contribution in [0.5, 0.6) is 0 Å². The average Bonchev–Trinajstić information content (AvgIpc) is 4.00. The number of rotatable bonds is 22. The van der Waals surface area contributed by atoms with E-state index in [-0.39, 0.29) is 75.1 Å². The van der Waals surface area contributed by atoms with E-state index in [0.717, 1.165) is 59.2 Å². The fraction of sp³-hybridized carbons (Fsp3) is 0.417. The van der Waals surface area contributed by atoms with Crippen molar-refractivity contribution in [3.63, 3.8) is 0 Å². The minimum absolute atomic E-state index is 0. The molecule has 0 amide bonds. The fourth-order valence-corrected chi connectivity index (χ4v) is 7.88. The number of carbonyl (C=O) groups excluding carboxylic acids is 4. The number of azo groups is 2. The molecule has 71 heavy (non-hydrogen) atoms. The molecule has 2 aromatic heterocycles. The Hall–Kier alpha value is -6.44. The van der Waals surface area contributed by atoms with E-state index in [9.17, 15) is 29.5 Å². The average molecular weight is 1020 g/mol. The Morgan fingerprint density at radius 3 is 1.69 bits per heavy atom. The van der Waals surface area contributed by atoms with Crippen LogP contribution in [0.25, 0.3) is 14.5 Å². The SMILES string of the molecule is O=C1CCC(=O)O1.[C-]#[N+]c1c(N=Nc2ccc(N(CC)CCOCCOC(=O)CCC(=O)[O-])cc2C)sc(C#N)c1C.[C-]#[N+]c1sc(N=Nc2ccc(N(CC)CCOCCO)cc2C)c([N+]#[C-])c1C.[Na+]. The van der Waals surface area contributed by atoms with Gasteiger partial charge in [-0.1, -0.05) is 6.92 Å². The fourth-order valence-electron chi connectivity index (χ4n) is 6.16. The second-order valence-corrected chi connectivity index (χ2v) is 16.7. The van der Waals surface area contributed by atoms with E-state index in [4.69, 9.17) is 39.0 Å². The minimum atomic E-state index is -1.29. The van der Waals surface area contributed by atoms with Crippen LogP contribution >= 0.6 is 22.7 Å². The van der Waals surface area contributed by atoms with E-state index >= 15 is 0 Å². The summed E-state index contributed by atoms with van der Waals surface area (Å²) in [6, 6.07) is 13.8. The Bertz CT molecular complexity index is 2680. The number of ether oxygens (including phenoxy) is 4. The smallest absolute Gasteiger partial charge is 0.550 e. The van der Waals surface area contributed by atoms with E-state index in [1.165, 1.54) is 11.3 Å². The van der Waals surface area contributed by atoms with Crippen LogP contribution in [0.3, 0.4) is 0 Å². The molecule has 0 spiro atoms. The number of aliphatic hydroxyl groups is 1. The van der Waals surface area contributed by atoms with Crippen molar-refractivity contribution in [2.24, 2.45) is 20.5 Å². The van der Waals surface area contributed by atoms with Gasteiger partial charge in [0.05, 0.1) is 88.3 Å². The Labute approximate surface area is 443 Å². The maximum Gasteiger partial charge on any atom is 1.00 e. The third-order valence-electron chi connectivity index (χ3n) is 9.98. The van der Waals surface area contributed by atoms with Crippen molar-refractivity contribution in [1.29, 1.82) is 5.26 Å². The molecule has 1 aliphatic heterocycles. The van der Waals surface area contributed by atoms with Gasteiger partial charge in [0, 0.05) is 43.5 Å². The van der Waals surface area contributed by atoms with E-state index in [1.807, 2.05) is 57.2 Å². The van der Waals surface area contributed by atoms with E-state index in [0.29, 0.717) is 74.4 Å². The molecule has 0 bridgehead atoms. The zero-order valence-electron chi connectivity index (χ0n) is 40.8. The van der Waals surface area contributed by atoms with Crippen LogP contribution in [0, 0.1) is 58.7 Å². The van der Waals surface area contributed by atoms with Gasteiger partial charge in [-0.2, -0.15) is 25.7 Å². The summed E-state index contributed by atoms with van der Waals surface area (Å²) in [5, 5.41) is 46.7. The normalized spacial score (nSPS) is 11.5. The van der Waals surface area contributed by atoms with Gasteiger partial charge >= 0.3 is 47.5 Å². The molecule has 1 N–H and O–H groups in total. The quantitative estimate of drug-likeness (QED) is 0.0216. The third kappa shape index (κ3) is 19.7. The number of nitriles is 1. The second kappa shape index (κ2) is 32.4. The molecule has 23 heteroatoms. The van der Waals surface area contributed by atoms with Crippen LogP contribution in [0.2, 0.25) is 0 Å². The molecule has 1 aliphatic rings. The van der Waals surface area contributed by atoms with Gasteiger partial charge in [-0.25, -0.2) is 14.5 Å². The molecule has 2 aromatic carbocycles. The molecular formula is C48H53N10NaO10S2. The molecule has 0 atom stereocenters. The number of benzene rings is 2. The van der Waals surface area contributed by atoms with Gasteiger partial charge in [0.1, 0.15) is 22.7 Å². The van der Waals surface area contributed by atoms with Gasteiger partial charge in [0.2, 0.25) is 16.4 Å². The summed E-state index contributed by atoms with van der Waals surface area (Å²) in [6.45, 7) is 37.9. The Balaban J connectivity index is 0.000000428. The maximum absolute atomic E-state index is 11.4. The first-order chi connectivity index (χ1) is 33.6. The van der Waals surface area contributed by atoms with Crippen LogP contribution in [0.4, 0.5) is 49.1 Å². The summed E-state index contributed by atoms with van der Waals surface area (Å²) < 4.78 is 19.9. The Morgan fingerprint density at radius 1 is 0.761 bits per heavy atom. The number of aryl methyl sites for hydroxylation is 2. The Kier molecular flexibility index (Phi) is 27.7. The second-order valence-electron chi connectivity index (χ2n) is 14.7. The molecule has 0 saturated carbocycles. The summed E-state index contributed by atoms with van der Waals surface area (Å²) >= 11 is 2.35. The number of carboxylic acid groups (broad SMARTS) is 1. The van der Waals surface area contributed by atoms with Gasteiger partial charge in [0.25, 0.3) is 0 Å². The van der Waals surface area contributed by atoms with Crippen molar-refractivity contribution in [3.8, 4) is 6.07 Å². The number of hydrogen-bond acceptors (Lipinski definition) is 19. The number of aliphatic carboxylic acids is 1. The number of aliphatic hydroxyl groups excluding tert-OH is 1. The van der Waals surface area contributed by atoms with E-state index in [2.05, 4.69) is 62.5 Å². The van der Waals surface area contributed by atoms with Gasteiger partial charge in [0.15, 0.2) is 0 Å². The van der Waals surface area contributed by atoms with Gasteiger partial charge < -0.3 is 43.8 Å². The number of cyclic esters (lactones) is 2. The first-order valence-corrected chi connectivity index (χ1v) is 23.5. The van der Waals surface area contributed by atoms with Crippen LogP contribution in [0.1, 0.15) is 66.7 Å². The molecular weight excluding hydrogens is 964 g/mol. The molecule has 5 rings (SSSR count). The summed E-state index contributed by atoms with van der Waals surface area (Å²) in [5.74, 6) is -2.68. The van der Waals surface area contributed by atoms with Gasteiger partial charge in [-0.15, -0.1) is 22.7 Å². The number of carboxylic acids is 1. The van der Waals surface area contributed by atoms with Crippen molar-refractivity contribution in [3.05, 3.63) is 97.8 Å². The van der Waals surface area contributed by atoms with Crippen molar-refractivity contribution in [2.75, 3.05) is 75.6 Å². The predicted octanol–water partition coefficient (Wildman–Crippen LogP) is 6.69. The number of hydrogen-bond donors (Lipinski definition) is 1. The van der Waals surface area contributed by atoms with Crippen molar-refractivity contribution >= 4 is 95.7 Å². The monoisotopic (exact) mass is 1020 g/mol. The topological polar surface area (TPSA) is 241 Å². The number of anilines is 2. The first-order valence-electron chi connectivity index (χ1n) is 21.8. The van der Waals surface area contributed by atoms with Gasteiger partial charge in [-0.05, 0) is 99.7 Å². The van der Waals surface area contributed by atoms with Crippen molar-refractivity contribution < 1.29 is 77.9 Å². The number of carbonyl (C=O) groups is 4. The minimum Gasteiger partial charge on any atom is -0.550 e. The molecule has 1 saturated heterocycles. The predicted molar refractivity (Wildman–Crippen MR) is 262 cm³/mol. The standard InChI is InChI=1S/C24H27N5O5S.C20H23N5O2S.C4H4O3.Na/c1-5-29(10-11-33-12-13-34-22(32)9-8-21(30)31)18-6-7-19(16(2)14-18)27-28-24-23(26-4)17(3)20(15-25)35-24;1-6-25(9-11-27-12-10-26)16-7-8-17(14(2)13-16)23-24-20-18(21-4)15(3)19(22-5)28-20;5-3-1-2-4(6)7-3;/h6-7,14H,5,8-13H2,1-3H3,(H,30,31);7-8,13,26H,6,9-12H2,1-3H3;1-2H2;/q;;;+1/p-1. The Morgan fingerprint density at radius 2 is 1.27 bits per heavy atom. The van der Waals surface area contributed by atoms with Crippen LogP contribution in [0.15, 0.2) is 56.9 Å². The maximum atomic E-state index is 11.4. The number of thiophene rings is 2. The molecule has 1 fully saturated rings. The van der Waals surface area contributed by atoms with Crippen molar-refractivity contribution in [1.82, 2.24) is 0 Å². The van der Waals surface area contributed by atoms with Crippen LogP contribution in [-0.4, -0.2) is 94.8 Å². The number of nitrogens with zero attached hydrogens (tertiary/aromatic N) is 10. The molecule has 4 aromatic rings. The first kappa shape index (κ1) is 60.7. The summed E-state index contributed by atoms with van der Waals surface area (Å²) in [7, 11) is 0. The largest absolute Gasteiger partial charge is 1.00 e. The van der Waals surface area contributed by atoms with Crippen molar-refractivity contribution in [2.45, 2.75) is 67.2 Å². The van der Waals surface area contributed by atoms with E-state index < -0.39 is 23.9 Å². The summed E-state index contributed by atoms with van der Waals surface area (Å²) in [5.41, 5.74) is 7.37. The summed E-state index contributed by atoms with van der Waals surface area (Å²) in [6.07, 6.45) is -0.0459. The van der Waals surface area contributed by atoms with Crippen LogP contribution in [-0.2, 0) is 38.1 Å². The molecule has 368 valence electrons. The summed E-state index contributed by atoms with van der Waals surface area (Å²) in [4.78, 5) is 56.9. The van der Waals surface area contributed by atoms with E-state index in [1.54, 1.807) is 13.8 Å².